The van der Waals surface area contributed by atoms with Gasteiger partial charge in [0, 0.05) is 19.6 Å². The van der Waals surface area contributed by atoms with Crippen molar-refractivity contribution in [3.05, 3.63) is 23.8 Å². The number of likely N-dealkylation sites (N-methyl/N-ethyl adjacent to an activating group) is 1. The monoisotopic (exact) mass is 196 g/mol. The van der Waals surface area contributed by atoms with E-state index in [0.29, 0.717) is 0 Å². The van der Waals surface area contributed by atoms with E-state index in [1.165, 1.54) is 18.4 Å². The lowest BCUT2D eigenvalue weighted by Gasteiger charge is -2.07. The van der Waals surface area contributed by atoms with E-state index < -0.39 is 0 Å². The summed E-state index contributed by atoms with van der Waals surface area (Å²) >= 11 is 0. The number of hydrogen-bond donors (Lipinski definition) is 2. The minimum Gasteiger partial charge on any atom is -0.318 e. The first-order valence-electron chi connectivity index (χ1n) is 5.64. The van der Waals surface area contributed by atoms with Crippen molar-refractivity contribution in [1.29, 1.82) is 0 Å². The lowest BCUT2D eigenvalue weighted by molar-refractivity contribution is 0.681. The minimum atomic E-state index is 1.01. The van der Waals surface area contributed by atoms with Crippen molar-refractivity contribution < 1.29 is 0 Å². The summed E-state index contributed by atoms with van der Waals surface area (Å²) in [6.07, 6.45) is 9.19. The van der Waals surface area contributed by atoms with Crippen molar-refractivity contribution in [3.63, 3.8) is 0 Å². The van der Waals surface area contributed by atoms with E-state index in [1.54, 1.807) is 0 Å². The molecule has 1 aliphatic carbocycles. The van der Waals surface area contributed by atoms with Crippen LogP contribution in [0.5, 0.6) is 0 Å². The van der Waals surface area contributed by atoms with Crippen LogP contribution in [0.1, 0.15) is 26.7 Å². The lowest BCUT2D eigenvalue weighted by Crippen LogP contribution is -2.26. The fourth-order valence-electron chi connectivity index (χ4n) is 1.24. The molecule has 0 bridgehead atoms. The predicted molar refractivity (Wildman–Crippen MR) is 64.6 cm³/mol. The summed E-state index contributed by atoms with van der Waals surface area (Å²) in [7, 11) is 1.97. The average molecular weight is 196 g/mol. The van der Waals surface area contributed by atoms with Crippen molar-refractivity contribution in [2.75, 3.05) is 26.7 Å². The van der Waals surface area contributed by atoms with Crippen LogP contribution in [0.4, 0.5) is 0 Å². The summed E-state index contributed by atoms with van der Waals surface area (Å²) < 4.78 is 0. The highest BCUT2D eigenvalue weighted by molar-refractivity contribution is 5.23. The van der Waals surface area contributed by atoms with Crippen molar-refractivity contribution in [2.45, 2.75) is 26.7 Å². The topological polar surface area (TPSA) is 24.1 Å². The van der Waals surface area contributed by atoms with Crippen LogP contribution in [0, 0.1) is 0 Å². The van der Waals surface area contributed by atoms with Gasteiger partial charge < -0.3 is 10.6 Å². The van der Waals surface area contributed by atoms with Crippen LogP contribution in [0.3, 0.4) is 0 Å². The number of nitrogens with one attached hydrogen (secondary N) is 2. The predicted octanol–water partition coefficient (Wildman–Crippen LogP) is 2.10. The van der Waals surface area contributed by atoms with Gasteiger partial charge in [-0.1, -0.05) is 32.1 Å². The molecule has 0 aromatic heterocycles. The van der Waals surface area contributed by atoms with Crippen molar-refractivity contribution in [2.24, 2.45) is 0 Å². The molecule has 1 aliphatic rings. The standard InChI is InChI=1S/C10H18N2.C2H6/c1-11-7-8-12-9-10-5-3-2-4-6-10;1-2/h3,5-6,11-12H,2,4,7-9H2,1H3;1-2H3. The van der Waals surface area contributed by atoms with Crippen molar-refractivity contribution in [3.8, 4) is 0 Å². The first-order chi connectivity index (χ1) is 6.93. The first kappa shape index (κ1) is 13.4. The van der Waals surface area contributed by atoms with E-state index in [4.69, 9.17) is 0 Å². The molecule has 0 fully saturated rings. The molecule has 0 heterocycles. The molecule has 0 atom stereocenters. The summed E-state index contributed by atoms with van der Waals surface area (Å²) in [6.45, 7) is 7.09. The van der Waals surface area contributed by atoms with Crippen LogP contribution >= 0.6 is 0 Å². The maximum atomic E-state index is 3.37. The Morgan fingerprint density at radius 1 is 1.21 bits per heavy atom. The lowest BCUT2D eigenvalue weighted by atomic mass is 10.1. The van der Waals surface area contributed by atoms with Gasteiger partial charge in [0.2, 0.25) is 0 Å². The molecule has 0 aromatic rings. The quantitative estimate of drug-likeness (QED) is 0.658. The molecular weight excluding hydrogens is 172 g/mol. The van der Waals surface area contributed by atoms with Gasteiger partial charge in [-0.05, 0) is 25.5 Å². The Balaban J connectivity index is 0.000000791. The molecule has 14 heavy (non-hydrogen) atoms. The van der Waals surface area contributed by atoms with Gasteiger partial charge in [-0.15, -0.1) is 0 Å². The molecular formula is C12H24N2. The second-order valence-corrected chi connectivity index (χ2v) is 3.04. The summed E-state index contributed by atoms with van der Waals surface area (Å²) in [6, 6.07) is 0. The van der Waals surface area contributed by atoms with Gasteiger partial charge in [0.1, 0.15) is 0 Å². The molecule has 2 nitrogen and oxygen atoms in total. The van der Waals surface area contributed by atoms with Crippen LogP contribution in [-0.2, 0) is 0 Å². The van der Waals surface area contributed by atoms with E-state index in [2.05, 4.69) is 28.9 Å². The van der Waals surface area contributed by atoms with Crippen LogP contribution in [0.25, 0.3) is 0 Å². The van der Waals surface area contributed by atoms with Crippen molar-refractivity contribution >= 4 is 0 Å². The highest BCUT2D eigenvalue weighted by Crippen LogP contribution is 2.07. The van der Waals surface area contributed by atoms with E-state index in [-0.39, 0.29) is 0 Å². The van der Waals surface area contributed by atoms with Crippen LogP contribution in [0.2, 0.25) is 0 Å². The molecule has 2 heteroatoms. The van der Waals surface area contributed by atoms with E-state index in [0.717, 1.165) is 19.6 Å². The van der Waals surface area contributed by atoms with Crippen LogP contribution < -0.4 is 10.6 Å². The maximum Gasteiger partial charge on any atom is 0.0202 e. The normalized spacial score (nSPS) is 14.4. The average Bonchev–Trinajstić information content (AvgIpc) is 2.29. The second-order valence-electron chi connectivity index (χ2n) is 3.04. The highest BCUT2D eigenvalue weighted by Gasteiger charge is 1.95. The van der Waals surface area contributed by atoms with Crippen LogP contribution in [-0.4, -0.2) is 26.7 Å². The van der Waals surface area contributed by atoms with Gasteiger partial charge in [-0.2, -0.15) is 0 Å². The molecule has 0 aliphatic heterocycles. The molecule has 0 saturated heterocycles. The number of allylic oxidation sites excluding steroid dienone is 2. The molecule has 1 rings (SSSR count). The van der Waals surface area contributed by atoms with E-state index >= 15 is 0 Å². The summed E-state index contributed by atoms with van der Waals surface area (Å²) in [5, 5.41) is 6.48. The fraction of sp³-hybridized carbons (Fsp3) is 0.667. The molecule has 0 saturated carbocycles. The van der Waals surface area contributed by atoms with E-state index in [1.807, 2.05) is 20.9 Å². The molecule has 0 unspecified atom stereocenters. The Bertz CT molecular complexity index is 171. The number of hydrogen-bond acceptors (Lipinski definition) is 2. The Morgan fingerprint density at radius 2 is 2.00 bits per heavy atom. The van der Waals surface area contributed by atoms with Crippen LogP contribution in [0.15, 0.2) is 23.8 Å². The van der Waals surface area contributed by atoms with Gasteiger partial charge in [-0.3, -0.25) is 0 Å². The molecule has 0 radical (unpaired) electrons. The Hall–Kier alpha value is -0.600. The van der Waals surface area contributed by atoms with Gasteiger partial charge in [0.25, 0.3) is 0 Å². The zero-order valence-electron chi connectivity index (χ0n) is 9.77. The molecule has 0 amide bonds. The fourth-order valence-corrected chi connectivity index (χ4v) is 1.24. The Kier molecular flexibility index (Phi) is 10.0. The van der Waals surface area contributed by atoms with Gasteiger partial charge >= 0.3 is 0 Å². The molecule has 0 spiro atoms. The first-order valence-corrected chi connectivity index (χ1v) is 5.64. The third-order valence-electron chi connectivity index (χ3n) is 1.95. The van der Waals surface area contributed by atoms with E-state index in [9.17, 15) is 0 Å². The van der Waals surface area contributed by atoms with Crippen molar-refractivity contribution in [1.82, 2.24) is 10.6 Å². The molecule has 0 aromatic carbocycles. The zero-order valence-corrected chi connectivity index (χ0v) is 9.77. The second kappa shape index (κ2) is 10.5. The summed E-state index contributed by atoms with van der Waals surface area (Å²) in [4.78, 5) is 0. The molecule has 2 N–H and O–H groups in total. The van der Waals surface area contributed by atoms with Gasteiger partial charge in [0.05, 0.1) is 0 Å². The smallest absolute Gasteiger partial charge is 0.0202 e. The largest absolute Gasteiger partial charge is 0.318 e. The van der Waals surface area contributed by atoms with Gasteiger partial charge in [-0.25, -0.2) is 0 Å². The Labute approximate surface area is 88.5 Å². The maximum absolute atomic E-state index is 3.37. The third kappa shape index (κ3) is 6.87. The summed E-state index contributed by atoms with van der Waals surface area (Å²) in [5.74, 6) is 0. The zero-order chi connectivity index (χ0) is 10.6. The highest BCUT2D eigenvalue weighted by atomic mass is 14.9. The SMILES string of the molecule is CC.CNCCNCC1=CCCC=C1. The molecule has 82 valence electrons. The third-order valence-corrected chi connectivity index (χ3v) is 1.95. The number of rotatable bonds is 5. The van der Waals surface area contributed by atoms with Gasteiger partial charge in [0.15, 0.2) is 0 Å². The Morgan fingerprint density at radius 3 is 2.57 bits per heavy atom. The summed E-state index contributed by atoms with van der Waals surface area (Å²) in [5.41, 5.74) is 1.43. The minimum absolute atomic E-state index is 1.01.